The van der Waals surface area contributed by atoms with Crippen LogP contribution < -0.4 is 16.3 Å². The highest BCUT2D eigenvalue weighted by atomic mass is 16.2. The minimum absolute atomic E-state index is 0.0134. The molecule has 1 aromatic heterocycles. The van der Waals surface area contributed by atoms with Crippen molar-refractivity contribution >= 4 is 6.03 Å². The molecule has 3 rings (SSSR count). The van der Waals surface area contributed by atoms with Crippen molar-refractivity contribution in [2.75, 3.05) is 26.7 Å². The van der Waals surface area contributed by atoms with E-state index in [1.165, 1.54) is 4.68 Å². The molecule has 24 heavy (non-hydrogen) atoms. The van der Waals surface area contributed by atoms with E-state index in [1.807, 2.05) is 0 Å². The van der Waals surface area contributed by atoms with Crippen LogP contribution in [0.1, 0.15) is 37.9 Å². The van der Waals surface area contributed by atoms with Gasteiger partial charge >= 0.3 is 11.7 Å². The number of fused-ring (bicyclic) bond motifs is 1. The molecule has 0 bridgehead atoms. The normalized spacial score (nSPS) is 19.0. The number of piperidine rings is 1. The van der Waals surface area contributed by atoms with Gasteiger partial charge in [-0.1, -0.05) is 0 Å². The number of hydrogen-bond donors (Lipinski definition) is 2. The second-order valence-corrected chi connectivity index (χ2v) is 6.86. The minimum atomic E-state index is -0.110. The lowest BCUT2D eigenvalue weighted by Gasteiger charge is -2.29. The van der Waals surface area contributed by atoms with Crippen molar-refractivity contribution in [1.82, 2.24) is 29.9 Å². The van der Waals surface area contributed by atoms with Gasteiger partial charge in [0, 0.05) is 32.1 Å². The van der Waals surface area contributed by atoms with Gasteiger partial charge in [0.05, 0.1) is 0 Å². The quantitative estimate of drug-likeness (QED) is 0.751. The first-order valence-electron chi connectivity index (χ1n) is 9.03. The Morgan fingerprint density at radius 1 is 1.25 bits per heavy atom. The molecule has 3 heterocycles. The standard InChI is InChI=1S/C16H28N6O2/c1-20-11-6-13(7-12-20)18-15(23)17-8-4-10-22-16(24)21-9-3-2-5-14(21)19-22/h13H,2-12H2,1H3,(H2,17,18,23). The fraction of sp³-hybridized carbons (Fsp3) is 0.812. The van der Waals surface area contributed by atoms with Crippen molar-refractivity contribution in [3.63, 3.8) is 0 Å². The van der Waals surface area contributed by atoms with Crippen LogP contribution in [0.25, 0.3) is 0 Å². The van der Waals surface area contributed by atoms with E-state index < -0.39 is 0 Å². The zero-order valence-electron chi connectivity index (χ0n) is 14.5. The van der Waals surface area contributed by atoms with Gasteiger partial charge in [0.2, 0.25) is 0 Å². The van der Waals surface area contributed by atoms with Crippen molar-refractivity contribution in [3.05, 3.63) is 16.3 Å². The number of likely N-dealkylation sites (tertiary alicyclic amines) is 1. The number of nitrogens with one attached hydrogen (secondary N) is 2. The van der Waals surface area contributed by atoms with Crippen LogP contribution in [0.15, 0.2) is 4.79 Å². The molecule has 2 aliphatic heterocycles. The number of carbonyl (C=O) groups excluding carboxylic acids is 1. The van der Waals surface area contributed by atoms with E-state index in [2.05, 4.69) is 27.7 Å². The van der Waals surface area contributed by atoms with Gasteiger partial charge in [-0.25, -0.2) is 14.3 Å². The summed E-state index contributed by atoms with van der Waals surface area (Å²) in [5, 5.41) is 10.3. The van der Waals surface area contributed by atoms with E-state index in [1.54, 1.807) is 4.57 Å². The number of rotatable bonds is 5. The summed E-state index contributed by atoms with van der Waals surface area (Å²) >= 11 is 0. The van der Waals surface area contributed by atoms with Gasteiger partial charge in [0.1, 0.15) is 5.82 Å². The number of aryl methyl sites for hydroxylation is 2. The van der Waals surface area contributed by atoms with Crippen LogP contribution in [0.5, 0.6) is 0 Å². The Hall–Kier alpha value is -1.83. The lowest BCUT2D eigenvalue weighted by Crippen LogP contribution is -2.47. The Kier molecular flexibility index (Phi) is 5.55. The van der Waals surface area contributed by atoms with E-state index in [-0.39, 0.29) is 17.8 Å². The first-order chi connectivity index (χ1) is 11.6. The SMILES string of the molecule is CN1CCC(NC(=O)NCCCn2nc3n(c2=O)CCCC3)CC1. The Morgan fingerprint density at radius 3 is 2.79 bits per heavy atom. The van der Waals surface area contributed by atoms with E-state index in [0.717, 1.165) is 57.6 Å². The minimum Gasteiger partial charge on any atom is -0.338 e. The van der Waals surface area contributed by atoms with Crippen LogP contribution >= 0.6 is 0 Å². The predicted octanol–water partition coefficient (Wildman–Crippen LogP) is 0.165. The highest BCUT2D eigenvalue weighted by Crippen LogP contribution is 2.09. The number of nitrogens with zero attached hydrogens (tertiary/aromatic N) is 4. The molecule has 0 aliphatic carbocycles. The third kappa shape index (κ3) is 4.17. The van der Waals surface area contributed by atoms with E-state index in [0.29, 0.717) is 19.5 Å². The zero-order valence-corrected chi connectivity index (χ0v) is 14.5. The van der Waals surface area contributed by atoms with Gasteiger partial charge in [-0.05, 0) is 52.2 Å². The van der Waals surface area contributed by atoms with Crippen molar-refractivity contribution in [1.29, 1.82) is 0 Å². The molecule has 1 aromatic rings. The molecule has 2 amide bonds. The summed E-state index contributed by atoms with van der Waals surface area (Å²) in [5.41, 5.74) is -0.0134. The Balaban J connectivity index is 1.37. The molecule has 0 radical (unpaired) electrons. The number of urea groups is 1. The predicted molar refractivity (Wildman–Crippen MR) is 91.1 cm³/mol. The molecule has 0 aromatic carbocycles. The molecule has 2 aliphatic rings. The van der Waals surface area contributed by atoms with Crippen LogP contribution in [0.3, 0.4) is 0 Å². The molecule has 8 nitrogen and oxygen atoms in total. The van der Waals surface area contributed by atoms with Gasteiger partial charge in [-0.2, -0.15) is 5.10 Å². The maximum absolute atomic E-state index is 12.2. The monoisotopic (exact) mass is 336 g/mol. The highest BCUT2D eigenvalue weighted by molar-refractivity contribution is 5.74. The van der Waals surface area contributed by atoms with E-state index in [9.17, 15) is 9.59 Å². The molecule has 2 N–H and O–H groups in total. The molecule has 1 fully saturated rings. The zero-order chi connectivity index (χ0) is 16.9. The number of amides is 2. The van der Waals surface area contributed by atoms with Crippen LogP contribution in [-0.4, -0.2) is 58.0 Å². The summed E-state index contributed by atoms with van der Waals surface area (Å²) in [7, 11) is 2.10. The van der Waals surface area contributed by atoms with Crippen LogP contribution in [-0.2, 0) is 19.5 Å². The molecule has 1 saturated heterocycles. The molecule has 134 valence electrons. The summed E-state index contributed by atoms with van der Waals surface area (Å²) in [5.74, 6) is 0.902. The maximum atomic E-state index is 12.2. The smallest absolute Gasteiger partial charge is 0.338 e. The number of aromatic nitrogens is 3. The molecule has 0 atom stereocenters. The number of carbonyl (C=O) groups is 1. The van der Waals surface area contributed by atoms with E-state index >= 15 is 0 Å². The largest absolute Gasteiger partial charge is 0.345 e. The van der Waals surface area contributed by atoms with E-state index in [4.69, 9.17) is 0 Å². The van der Waals surface area contributed by atoms with Gasteiger partial charge in [0.25, 0.3) is 0 Å². The summed E-state index contributed by atoms with van der Waals surface area (Å²) in [6.07, 6.45) is 5.75. The molecule has 0 saturated carbocycles. The summed E-state index contributed by atoms with van der Waals surface area (Å²) < 4.78 is 3.32. The summed E-state index contributed by atoms with van der Waals surface area (Å²) in [6, 6.07) is 0.157. The van der Waals surface area contributed by atoms with Gasteiger partial charge in [-0.3, -0.25) is 4.57 Å². The topological polar surface area (TPSA) is 84.2 Å². The van der Waals surface area contributed by atoms with Crippen LogP contribution in [0.4, 0.5) is 4.79 Å². The summed E-state index contributed by atoms with van der Waals surface area (Å²) in [6.45, 7) is 3.93. The van der Waals surface area contributed by atoms with Crippen LogP contribution in [0, 0.1) is 0 Å². The maximum Gasteiger partial charge on any atom is 0.345 e. The van der Waals surface area contributed by atoms with Gasteiger partial charge in [0.15, 0.2) is 0 Å². The highest BCUT2D eigenvalue weighted by Gasteiger charge is 2.18. The molecule has 8 heteroatoms. The first-order valence-corrected chi connectivity index (χ1v) is 9.03. The van der Waals surface area contributed by atoms with Crippen molar-refractivity contribution < 1.29 is 4.79 Å². The third-order valence-electron chi connectivity index (χ3n) is 4.92. The number of hydrogen-bond acceptors (Lipinski definition) is 4. The third-order valence-corrected chi connectivity index (χ3v) is 4.92. The Bertz CT molecular complexity index is 615. The molecule has 0 unspecified atom stereocenters. The fourth-order valence-corrected chi connectivity index (χ4v) is 3.41. The fourth-order valence-electron chi connectivity index (χ4n) is 3.41. The molecule has 0 spiro atoms. The van der Waals surface area contributed by atoms with Gasteiger partial charge in [-0.15, -0.1) is 0 Å². The first kappa shape index (κ1) is 17.0. The average Bonchev–Trinajstić information content (AvgIpc) is 2.90. The second kappa shape index (κ2) is 7.83. The van der Waals surface area contributed by atoms with Crippen molar-refractivity contribution in [3.8, 4) is 0 Å². The Labute approximate surface area is 142 Å². The van der Waals surface area contributed by atoms with Crippen LogP contribution in [0.2, 0.25) is 0 Å². The molecular weight excluding hydrogens is 308 g/mol. The van der Waals surface area contributed by atoms with Crippen molar-refractivity contribution in [2.24, 2.45) is 0 Å². The summed E-state index contributed by atoms with van der Waals surface area (Å²) in [4.78, 5) is 26.4. The molecular formula is C16H28N6O2. The van der Waals surface area contributed by atoms with Gasteiger partial charge < -0.3 is 15.5 Å². The van der Waals surface area contributed by atoms with Crippen molar-refractivity contribution in [2.45, 2.75) is 57.7 Å². The lowest BCUT2D eigenvalue weighted by molar-refractivity contribution is 0.213. The second-order valence-electron chi connectivity index (χ2n) is 6.86. The Morgan fingerprint density at radius 2 is 2.04 bits per heavy atom. The lowest BCUT2D eigenvalue weighted by atomic mass is 10.1. The average molecular weight is 336 g/mol.